The van der Waals surface area contributed by atoms with Crippen LogP contribution in [-0.2, 0) is 4.74 Å². The summed E-state index contributed by atoms with van der Waals surface area (Å²) in [6.07, 6.45) is -0.171. The van der Waals surface area contributed by atoms with Gasteiger partial charge in [-0.3, -0.25) is 0 Å². The molecule has 2 unspecified atom stereocenters. The molecule has 0 bridgehead atoms. The van der Waals surface area contributed by atoms with Crippen LogP contribution in [0.5, 0.6) is 0 Å². The second-order valence-electron chi connectivity index (χ2n) is 4.87. The summed E-state index contributed by atoms with van der Waals surface area (Å²) in [7, 11) is 2.00. The van der Waals surface area contributed by atoms with Crippen molar-refractivity contribution in [1.82, 2.24) is 10.2 Å². The fraction of sp³-hybridized carbons (Fsp3) is 0.571. The number of benzene rings is 1. The summed E-state index contributed by atoms with van der Waals surface area (Å²) in [5.41, 5.74) is 0.335. The molecule has 2 atom stereocenters. The van der Waals surface area contributed by atoms with E-state index in [0.717, 1.165) is 12.6 Å². The first-order chi connectivity index (χ1) is 9.11. The van der Waals surface area contributed by atoms with Crippen molar-refractivity contribution in [2.24, 2.45) is 0 Å². The van der Waals surface area contributed by atoms with Crippen molar-refractivity contribution in [2.75, 3.05) is 33.3 Å². The predicted octanol–water partition coefficient (Wildman–Crippen LogP) is 1.95. The Bertz CT molecular complexity index is 428. The highest BCUT2D eigenvalue weighted by Crippen LogP contribution is 2.25. The van der Waals surface area contributed by atoms with E-state index in [1.807, 2.05) is 14.0 Å². The monoisotopic (exact) mass is 270 g/mol. The average molecular weight is 270 g/mol. The zero-order chi connectivity index (χ0) is 13.8. The summed E-state index contributed by atoms with van der Waals surface area (Å²) < 4.78 is 33.0. The third-order valence-corrected chi connectivity index (χ3v) is 3.39. The summed E-state index contributed by atoms with van der Waals surface area (Å²) in [6, 6.07) is 3.22. The maximum atomic E-state index is 13.9. The lowest BCUT2D eigenvalue weighted by atomic mass is 9.99. The Balaban J connectivity index is 2.25. The van der Waals surface area contributed by atoms with Gasteiger partial charge in [0.15, 0.2) is 0 Å². The lowest BCUT2D eigenvalue weighted by Gasteiger charge is -2.35. The van der Waals surface area contributed by atoms with Gasteiger partial charge in [-0.2, -0.15) is 0 Å². The SMILES string of the molecule is CCNC(c1cc(F)ccc1F)C1CN(C)CCO1. The molecule has 1 saturated heterocycles. The number of ether oxygens (including phenoxy) is 1. The highest BCUT2D eigenvalue weighted by Gasteiger charge is 2.29. The quantitative estimate of drug-likeness (QED) is 0.905. The number of rotatable bonds is 4. The van der Waals surface area contributed by atoms with E-state index in [1.165, 1.54) is 12.1 Å². The normalized spacial score (nSPS) is 22.4. The Morgan fingerprint density at radius 3 is 2.95 bits per heavy atom. The molecule has 1 aliphatic heterocycles. The van der Waals surface area contributed by atoms with Crippen LogP contribution in [0.1, 0.15) is 18.5 Å². The van der Waals surface area contributed by atoms with E-state index in [1.54, 1.807) is 0 Å². The first-order valence-corrected chi connectivity index (χ1v) is 6.60. The number of nitrogens with zero attached hydrogens (tertiary/aromatic N) is 1. The van der Waals surface area contributed by atoms with Gasteiger partial charge in [-0.1, -0.05) is 6.92 Å². The minimum atomic E-state index is -0.427. The zero-order valence-corrected chi connectivity index (χ0v) is 11.3. The molecule has 1 fully saturated rings. The largest absolute Gasteiger partial charge is 0.374 e. The van der Waals surface area contributed by atoms with Crippen LogP contribution in [0.15, 0.2) is 18.2 Å². The van der Waals surface area contributed by atoms with Crippen LogP contribution in [0.25, 0.3) is 0 Å². The van der Waals surface area contributed by atoms with Crippen molar-refractivity contribution < 1.29 is 13.5 Å². The molecule has 0 spiro atoms. The van der Waals surface area contributed by atoms with Crippen molar-refractivity contribution >= 4 is 0 Å². The molecule has 1 aromatic carbocycles. The van der Waals surface area contributed by atoms with Crippen molar-refractivity contribution in [1.29, 1.82) is 0 Å². The number of nitrogens with one attached hydrogen (secondary N) is 1. The summed E-state index contributed by atoms with van der Waals surface area (Å²) in [5, 5.41) is 3.20. The first-order valence-electron chi connectivity index (χ1n) is 6.60. The fourth-order valence-electron chi connectivity index (χ4n) is 2.43. The molecule has 0 saturated carbocycles. The lowest BCUT2D eigenvalue weighted by Crippen LogP contribution is -2.47. The first kappa shape index (κ1) is 14.4. The van der Waals surface area contributed by atoms with Crippen molar-refractivity contribution in [3.05, 3.63) is 35.4 Å². The maximum Gasteiger partial charge on any atom is 0.128 e. The van der Waals surface area contributed by atoms with Gasteiger partial charge in [0, 0.05) is 18.7 Å². The molecule has 0 aromatic heterocycles. The Labute approximate surface area is 112 Å². The third-order valence-electron chi connectivity index (χ3n) is 3.39. The fourth-order valence-corrected chi connectivity index (χ4v) is 2.43. The van der Waals surface area contributed by atoms with Crippen molar-refractivity contribution in [3.63, 3.8) is 0 Å². The minimum absolute atomic E-state index is 0.171. The Morgan fingerprint density at radius 1 is 1.47 bits per heavy atom. The second-order valence-corrected chi connectivity index (χ2v) is 4.87. The summed E-state index contributed by atoms with van der Waals surface area (Å²) >= 11 is 0. The highest BCUT2D eigenvalue weighted by atomic mass is 19.1. The summed E-state index contributed by atoms with van der Waals surface area (Å²) in [6.45, 7) is 4.79. The lowest BCUT2D eigenvalue weighted by molar-refractivity contribution is -0.0396. The van der Waals surface area contributed by atoms with Crippen LogP contribution in [-0.4, -0.2) is 44.3 Å². The Hall–Kier alpha value is -1.04. The molecule has 106 valence electrons. The topological polar surface area (TPSA) is 24.5 Å². The van der Waals surface area contributed by atoms with E-state index >= 15 is 0 Å². The van der Waals surface area contributed by atoms with E-state index < -0.39 is 11.6 Å². The maximum absolute atomic E-state index is 13.9. The van der Waals surface area contributed by atoms with Gasteiger partial charge in [-0.25, -0.2) is 8.78 Å². The van der Waals surface area contributed by atoms with Gasteiger partial charge in [0.2, 0.25) is 0 Å². The average Bonchev–Trinajstić information content (AvgIpc) is 2.39. The Kier molecular flexibility index (Phi) is 4.85. The summed E-state index contributed by atoms with van der Waals surface area (Å²) in [4.78, 5) is 2.13. The minimum Gasteiger partial charge on any atom is -0.374 e. The molecular weight excluding hydrogens is 250 g/mol. The second kappa shape index (κ2) is 6.41. The highest BCUT2D eigenvalue weighted by molar-refractivity contribution is 5.23. The molecule has 0 amide bonds. The van der Waals surface area contributed by atoms with Gasteiger partial charge in [0.05, 0.1) is 18.8 Å². The summed E-state index contributed by atoms with van der Waals surface area (Å²) in [5.74, 6) is -0.826. The number of morpholine rings is 1. The van der Waals surface area contributed by atoms with Crippen LogP contribution in [0.3, 0.4) is 0 Å². The van der Waals surface area contributed by atoms with Gasteiger partial charge in [-0.05, 0) is 31.8 Å². The molecule has 19 heavy (non-hydrogen) atoms. The van der Waals surface area contributed by atoms with E-state index in [9.17, 15) is 8.78 Å². The van der Waals surface area contributed by atoms with Crippen LogP contribution >= 0.6 is 0 Å². The molecule has 1 heterocycles. The van der Waals surface area contributed by atoms with E-state index in [0.29, 0.717) is 25.3 Å². The van der Waals surface area contributed by atoms with Gasteiger partial charge in [-0.15, -0.1) is 0 Å². The molecular formula is C14H20F2N2O. The number of likely N-dealkylation sites (N-methyl/N-ethyl adjacent to an activating group) is 2. The molecule has 1 aromatic rings. The third kappa shape index (κ3) is 3.49. The van der Waals surface area contributed by atoms with Crippen molar-refractivity contribution in [2.45, 2.75) is 19.1 Å². The van der Waals surface area contributed by atoms with Crippen LogP contribution < -0.4 is 5.32 Å². The molecule has 2 rings (SSSR count). The molecule has 3 nitrogen and oxygen atoms in total. The predicted molar refractivity (Wildman–Crippen MR) is 70.0 cm³/mol. The Morgan fingerprint density at radius 2 is 2.26 bits per heavy atom. The number of halogens is 2. The van der Waals surface area contributed by atoms with Gasteiger partial charge < -0.3 is 15.0 Å². The molecule has 0 aliphatic carbocycles. The van der Waals surface area contributed by atoms with Crippen LogP contribution in [0.4, 0.5) is 8.78 Å². The van der Waals surface area contributed by atoms with E-state index in [4.69, 9.17) is 4.74 Å². The van der Waals surface area contributed by atoms with E-state index in [2.05, 4.69) is 10.2 Å². The van der Waals surface area contributed by atoms with Gasteiger partial charge in [0.25, 0.3) is 0 Å². The molecule has 0 radical (unpaired) electrons. The standard InChI is InChI=1S/C14H20F2N2O/c1-3-17-14(13-9-18(2)6-7-19-13)11-8-10(15)4-5-12(11)16/h4-5,8,13-14,17H,3,6-7,9H2,1-2H3. The van der Waals surface area contributed by atoms with Gasteiger partial charge in [0.1, 0.15) is 11.6 Å². The van der Waals surface area contributed by atoms with Crippen molar-refractivity contribution in [3.8, 4) is 0 Å². The zero-order valence-electron chi connectivity index (χ0n) is 11.3. The van der Waals surface area contributed by atoms with Gasteiger partial charge >= 0.3 is 0 Å². The van der Waals surface area contributed by atoms with E-state index in [-0.39, 0.29) is 12.1 Å². The molecule has 5 heteroatoms. The van der Waals surface area contributed by atoms with Crippen LogP contribution in [0.2, 0.25) is 0 Å². The molecule has 1 N–H and O–H groups in total. The van der Waals surface area contributed by atoms with Crippen LogP contribution in [0, 0.1) is 11.6 Å². The number of hydrogen-bond donors (Lipinski definition) is 1. The number of hydrogen-bond acceptors (Lipinski definition) is 3. The molecule has 1 aliphatic rings. The smallest absolute Gasteiger partial charge is 0.128 e.